The summed E-state index contributed by atoms with van der Waals surface area (Å²) in [7, 11) is 0. The highest BCUT2D eigenvalue weighted by Crippen LogP contribution is 2.16. The van der Waals surface area contributed by atoms with Crippen LogP contribution in [0.1, 0.15) is 11.8 Å². The molecule has 1 aliphatic heterocycles. The van der Waals surface area contributed by atoms with Crippen molar-refractivity contribution in [1.82, 2.24) is 4.90 Å². The Labute approximate surface area is 131 Å². The van der Waals surface area contributed by atoms with Gasteiger partial charge in [-0.25, -0.2) is 4.79 Å². The number of nitrogens with zero attached hydrogens (tertiary/aromatic N) is 1. The molecule has 2 heterocycles. The molecule has 0 bridgehead atoms. The van der Waals surface area contributed by atoms with E-state index in [2.05, 4.69) is 0 Å². The molecule has 1 atom stereocenters. The quantitative estimate of drug-likeness (QED) is 0.338. The number of carbonyl (C=O) groups excluding carboxylic acids is 2. The van der Waals surface area contributed by atoms with Crippen LogP contribution in [0.25, 0.3) is 0 Å². The third-order valence-electron chi connectivity index (χ3n) is 3.17. The summed E-state index contributed by atoms with van der Waals surface area (Å²) in [6.45, 7) is 1.96. The number of amides is 1. The summed E-state index contributed by atoms with van der Waals surface area (Å²) in [5.74, 6) is -2.66. The number of carbonyl (C=O) groups is 3. The Balaban J connectivity index is 2.01. The average molecular weight is 324 g/mol. The molecule has 3 N–H and O–H groups in total. The Morgan fingerprint density at radius 3 is 2.77 bits per heavy atom. The van der Waals surface area contributed by atoms with E-state index < -0.39 is 23.7 Å². The lowest BCUT2D eigenvalue weighted by Gasteiger charge is -2.36. The Bertz CT molecular complexity index is 623. The van der Waals surface area contributed by atoms with Gasteiger partial charge in [0.25, 0.3) is 0 Å². The highest BCUT2D eigenvalue weighted by atomic mass is 32.1. The summed E-state index contributed by atoms with van der Waals surface area (Å²) in [6.07, 6.45) is 0.00917. The van der Waals surface area contributed by atoms with Gasteiger partial charge in [0.2, 0.25) is 11.7 Å². The lowest BCUT2D eigenvalue weighted by molar-refractivity contribution is -0.148. The van der Waals surface area contributed by atoms with Crippen LogP contribution in [-0.2, 0) is 25.5 Å². The van der Waals surface area contributed by atoms with Crippen molar-refractivity contribution < 1.29 is 24.2 Å². The zero-order chi connectivity index (χ0) is 16.3. The topological polar surface area (TPSA) is 110 Å². The van der Waals surface area contributed by atoms with Gasteiger partial charge in [-0.1, -0.05) is 6.07 Å². The normalized spacial score (nSPS) is 18.5. The van der Waals surface area contributed by atoms with E-state index in [9.17, 15) is 19.5 Å². The minimum absolute atomic E-state index is 0.00917. The minimum atomic E-state index is -1.34. The van der Waals surface area contributed by atoms with Crippen LogP contribution < -0.4 is 5.73 Å². The molecular weight excluding hydrogens is 308 g/mol. The van der Waals surface area contributed by atoms with Crippen LogP contribution in [0, 0.1) is 0 Å². The molecule has 2 rings (SSSR count). The number of likely N-dealkylation sites (tertiary alicyclic amines) is 1. The number of thiophene rings is 1. The molecule has 1 aromatic rings. The van der Waals surface area contributed by atoms with Gasteiger partial charge >= 0.3 is 11.9 Å². The van der Waals surface area contributed by atoms with Gasteiger partial charge in [0.05, 0.1) is 6.42 Å². The maximum Gasteiger partial charge on any atom is 0.371 e. The molecule has 1 amide bonds. The molecule has 1 fully saturated rings. The summed E-state index contributed by atoms with van der Waals surface area (Å²) >= 11 is 1.39. The number of ether oxygens (including phenoxy) is 1. The van der Waals surface area contributed by atoms with E-state index in [1.807, 2.05) is 5.38 Å². The predicted octanol–water partition coefficient (Wildman–Crippen LogP) is 0.362. The molecule has 1 aliphatic rings. The fourth-order valence-electron chi connectivity index (χ4n) is 2.05. The van der Waals surface area contributed by atoms with Crippen molar-refractivity contribution in [2.24, 2.45) is 5.73 Å². The van der Waals surface area contributed by atoms with E-state index in [-0.39, 0.29) is 18.9 Å². The highest BCUT2D eigenvalue weighted by Gasteiger charge is 2.34. The molecule has 8 heteroatoms. The zero-order valence-corrected chi connectivity index (χ0v) is 12.8. The summed E-state index contributed by atoms with van der Waals surface area (Å²) in [4.78, 5) is 36.7. The van der Waals surface area contributed by atoms with Gasteiger partial charge in [-0.05, 0) is 23.9 Å². The third kappa shape index (κ3) is 3.71. The second-order valence-corrected chi connectivity index (χ2v) is 6.00. The molecule has 7 nitrogen and oxygen atoms in total. The standard InChI is InChI=1S/C14H16N2O5S/c1-8(6-16-7-10(15)13(16)18)12(14(19)20)21-11(17)5-9-3-2-4-22-9/h2-4,10H,5-7,15H2,1H3,(H,19,20)/t10-/m0/s1. The zero-order valence-electron chi connectivity index (χ0n) is 11.9. The van der Waals surface area contributed by atoms with Crippen LogP contribution in [0.4, 0.5) is 0 Å². The molecule has 0 spiro atoms. The number of hydrogen-bond donors (Lipinski definition) is 2. The second kappa shape index (κ2) is 6.71. The first-order valence-electron chi connectivity index (χ1n) is 6.59. The van der Waals surface area contributed by atoms with Crippen LogP contribution >= 0.6 is 11.3 Å². The number of carboxylic acid groups (broad SMARTS) is 1. The number of esters is 1. The Kier molecular flexibility index (Phi) is 4.94. The van der Waals surface area contributed by atoms with Gasteiger partial charge in [-0.2, -0.15) is 0 Å². The lowest BCUT2D eigenvalue weighted by atomic mass is 10.1. The van der Waals surface area contributed by atoms with Crippen molar-refractivity contribution in [3.05, 3.63) is 33.7 Å². The van der Waals surface area contributed by atoms with Crippen LogP contribution in [-0.4, -0.2) is 47.0 Å². The number of aliphatic carboxylic acids is 1. The summed E-state index contributed by atoms with van der Waals surface area (Å²) in [5.41, 5.74) is 5.77. The highest BCUT2D eigenvalue weighted by molar-refractivity contribution is 7.10. The first-order valence-corrected chi connectivity index (χ1v) is 7.47. The van der Waals surface area contributed by atoms with E-state index in [4.69, 9.17) is 10.5 Å². The van der Waals surface area contributed by atoms with Crippen molar-refractivity contribution in [1.29, 1.82) is 0 Å². The van der Waals surface area contributed by atoms with Crippen molar-refractivity contribution in [3.8, 4) is 0 Å². The molecule has 0 unspecified atom stereocenters. The Hall–Kier alpha value is -2.19. The summed E-state index contributed by atoms with van der Waals surface area (Å²) in [5, 5.41) is 11.0. The van der Waals surface area contributed by atoms with Crippen molar-refractivity contribution in [2.45, 2.75) is 19.4 Å². The minimum Gasteiger partial charge on any atom is -0.475 e. The first-order chi connectivity index (χ1) is 10.4. The van der Waals surface area contributed by atoms with E-state index in [1.54, 1.807) is 12.1 Å². The first kappa shape index (κ1) is 16.2. The van der Waals surface area contributed by atoms with Gasteiger partial charge in [-0.3, -0.25) is 9.59 Å². The molecule has 118 valence electrons. The molecule has 0 aliphatic carbocycles. The number of rotatable bonds is 6. The summed E-state index contributed by atoms with van der Waals surface area (Å²) < 4.78 is 4.96. The van der Waals surface area contributed by atoms with E-state index in [0.717, 1.165) is 4.88 Å². The molecule has 0 radical (unpaired) electrons. The Morgan fingerprint density at radius 1 is 1.55 bits per heavy atom. The van der Waals surface area contributed by atoms with Gasteiger partial charge in [0.15, 0.2) is 0 Å². The second-order valence-electron chi connectivity index (χ2n) is 4.97. The van der Waals surface area contributed by atoms with Crippen LogP contribution in [0.2, 0.25) is 0 Å². The van der Waals surface area contributed by atoms with Gasteiger partial charge < -0.3 is 20.5 Å². The maximum atomic E-state index is 11.8. The predicted molar refractivity (Wildman–Crippen MR) is 79.0 cm³/mol. The maximum absolute atomic E-state index is 11.8. The summed E-state index contributed by atoms with van der Waals surface area (Å²) in [6, 6.07) is 3.04. The van der Waals surface area contributed by atoms with Gasteiger partial charge in [0.1, 0.15) is 6.04 Å². The van der Waals surface area contributed by atoms with Crippen molar-refractivity contribution in [3.63, 3.8) is 0 Å². The fraction of sp³-hybridized carbons (Fsp3) is 0.357. The SMILES string of the molecule is CC(CN1C[C@H](N)C1=O)=C(OC(=O)Cc1cccs1)C(=O)O. The van der Waals surface area contributed by atoms with Gasteiger partial charge in [-0.15, -0.1) is 11.3 Å². The number of hydrogen-bond acceptors (Lipinski definition) is 6. The largest absolute Gasteiger partial charge is 0.475 e. The molecule has 0 saturated carbocycles. The van der Waals surface area contributed by atoms with E-state index in [0.29, 0.717) is 12.1 Å². The fourth-order valence-corrected chi connectivity index (χ4v) is 2.74. The number of nitrogens with two attached hydrogens (primary N) is 1. The molecule has 22 heavy (non-hydrogen) atoms. The van der Waals surface area contributed by atoms with Crippen molar-refractivity contribution in [2.75, 3.05) is 13.1 Å². The van der Waals surface area contributed by atoms with Crippen LogP contribution in [0.15, 0.2) is 28.8 Å². The monoisotopic (exact) mass is 324 g/mol. The number of β-lactam (4-membered cyclic amide) rings is 1. The third-order valence-corrected chi connectivity index (χ3v) is 4.05. The van der Waals surface area contributed by atoms with Crippen LogP contribution in [0.5, 0.6) is 0 Å². The van der Waals surface area contributed by atoms with Crippen LogP contribution in [0.3, 0.4) is 0 Å². The molecule has 0 aromatic carbocycles. The number of carboxylic acids is 1. The van der Waals surface area contributed by atoms with E-state index in [1.165, 1.54) is 23.2 Å². The average Bonchev–Trinajstić information content (AvgIpc) is 2.96. The lowest BCUT2D eigenvalue weighted by Crippen LogP contribution is -2.61. The Morgan fingerprint density at radius 2 is 2.27 bits per heavy atom. The van der Waals surface area contributed by atoms with Gasteiger partial charge in [0, 0.05) is 18.0 Å². The smallest absolute Gasteiger partial charge is 0.371 e. The van der Waals surface area contributed by atoms with Crippen molar-refractivity contribution >= 4 is 29.2 Å². The molecule has 1 aromatic heterocycles. The molecular formula is C14H16N2O5S. The molecule has 1 saturated heterocycles. The van der Waals surface area contributed by atoms with E-state index >= 15 is 0 Å².